The van der Waals surface area contributed by atoms with Gasteiger partial charge < -0.3 is 10.5 Å². The van der Waals surface area contributed by atoms with Crippen LogP contribution in [-0.4, -0.2) is 28.6 Å². The summed E-state index contributed by atoms with van der Waals surface area (Å²) in [4.78, 5) is 37.5. The van der Waals surface area contributed by atoms with Crippen LogP contribution in [0, 0.1) is 6.92 Å². The second-order valence-corrected chi connectivity index (χ2v) is 7.99. The van der Waals surface area contributed by atoms with E-state index in [1.165, 1.54) is 4.90 Å². The Labute approximate surface area is 174 Å². The summed E-state index contributed by atoms with van der Waals surface area (Å²) in [6.07, 6.45) is 1.66. The van der Waals surface area contributed by atoms with Crippen molar-refractivity contribution in [2.45, 2.75) is 13.5 Å². The third kappa shape index (κ3) is 4.63. The molecule has 0 unspecified atom stereocenters. The number of thioether (sulfide) groups is 1. The Morgan fingerprint density at radius 3 is 2.68 bits per heavy atom. The van der Waals surface area contributed by atoms with Crippen molar-refractivity contribution in [1.29, 1.82) is 0 Å². The lowest BCUT2D eigenvalue weighted by atomic mass is 10.1. The summed E-state index contributed by atoms with van der Waals surface area (Å²) in [5.74, 6) is -0.426. The van der Waals surface area contributed by atoms with Gasteiger partial charge in [0.2, 0.25) is 0 Å². The lowest BCUT2D eigenvalue weighted by molar-refractivity contribution is -0.123. The molecular weight excluding hydrogens is 444 g/mol. The fourth-order valence-corrected chi connectivity index (χ4v) is 3.97. The van der Waals surface area contributed by atoms with Gasteiger partial charge in [-0.05, 0) is 69.5 Å². The van der Waals surface area contributed by atoms with Crippen LogP contribution in [-0.2, 0) is 16.1 Å². The van der Waals surface area contributed by atoms with Crippen LogP contribution in [0.25, 0.3) is 6.08 Å². The van der Waals surface area contributed by atoms with Crippen LogP contribution in [0.3, 0.4) is 0 Å². The molecule has 2 aromatic carbocycles. The molecule has 2 aromatic rings. The normalized spacial score (nSPS) is 15.4. The maximum absolute atomic E-state index is 12.7. The van der Waals surface area contributed by atoms with Gasteiger partial charge in [-0.2, -0.15) is 0 Å². The molecule has 0 aromatic heterocycles. The van der Waals surface area contributed by atoms with Crippen molar-refractivity contribution in [2.75, 3.05) is 6.61 Å². The van der Waals surface area contributed by atoms with Crippen LogP contribution >= 0.6 is 27.7 Å². The summed E-state index contributed by atoms with van der Waals surface area (Å²) in [5, 5.41) is -0.292. The molecule has 6 nitrogen and oxygen atoms in total. The number of imide groups is 1. The number of carbonyl (C=O) groups excluding carboxylic acids is 3. The van der Waals surface area contributed by atoms with Crippen LogP contribution in [0.4, 0.5) is 4.79 Å². The Bertz CT molecular complexity index is 990. The third-order valence-corrected chi connectivity index (χ3v) is 5.61. The Hall–Kier alpha value is -2.58. The average Bonchev–Trinajstić information content (AvgIpc) is 2.90. The van der Waals surface area contributed by atoms with Gasteiger partial charge in [0.15, 0.2) is 6.61 Å². The van der Waals surface area contributed by atoms with E-state index in [-0.39, 0.29) is 24.3 Å². The van der Waals surface area contributed by atoms with Crippen molar-refractivity contribution >= 4 is 50.8 Å². The Kier molecular flexibility index (Phi) is 6.21. The molecule has 28 heavy (non-hydrogen) atoms. The summed E-state index contributed by atoms with van der Waals surface area (Å²) >= 11 is 4.28. The number of primary amides is 1. The van der Waals surface area contributed by atoms with Crippen molar-refractivity contribution in [3.8, 4) is 5.75 Å². The van der Waals surface area contributed by atoms with Gasteiger partial charge in [-0.25, -0.2) is 0 Å². The summed E-state index contributed by atoms with van der Waals surface area (Å²) < 4.78 is 5.89. The minimum Gasteiger partial charge on any atom is -0.483 e. The fraction of sp³-hybridized carbons (Fsp3) is 0.150. The predicted octanol–water partition coefficient (Wildman–Crippen LogP) is 3.86. The van der Waals surface area contributed by atoms with Gasteiger partial charge >= 0.3 is 0 Å². The van der Waals surface area contributed by atoms with Crippen molar-refractivity contribution in [3.05, 3.63) is 68.5 Å². The van der Waals surface area contributed by atoms with E-state index in [9.17, 15) is 14.4 Å². The minimum absolute atomic E-state index is 0.226. The molecule has 8 heteroatoms. The van der Waals surface area contributed by atoms with E-state index in [0.717, 1.165) is 28.5 Å². The van der Waals surface area contributed by atoms with Crippen LogP contribution in [0.1, 0.15) is 16.7 Å². The molecule has 3 rings (SSSR count). The molecular formula is C20H17BrN2O4S. The van der Waals surface area contributed by atoms with E-state index in [2.05, 4.69) is 15.9 Å². The first-order chi connectivity index (χ1) is 13.3. The first kappa shape index (κ1) is 20.2. The Balaban J connectivity index is 1.77. The summed E-state index contributed by atoms with van der Waals surface area (Å²) in [6, 6.07) is 12.8. The quantitative estimate of drug-likeness (QED) is 0.660. The summed E-state index contributed by atoms with van der Waals surface area (Å²) in [5.41, 5.74) is 7.75. The third-order valence-electron chi connectivity index (χ3n) is 4.09. The molecule has 2 N–H and O–H groups in total. The maximum atomic E-state index is 12.7. The molecule has 1 saturated heterocycles. The van der Waals surface area contributed by atoms with Gasteiger partial charge in [-0.3, -0.25) is 19.3 Å². The van der Waals surface area contributed by atoms with Gasteiger partial charge in [-0.15, -0.1) is 0 Å². The lowest BCUT2D eigenvalue weighted by Crippen LogP contribution is -2.27. The Morgan fingerprint density at radius 1 is 1.25 bits per heavy atom. The zero-order valence-electron chi connectivity index (χ0n) is 15.0. The molecule has 0 atom stereocenters. The van der Waals surface area contributed by atoms with Gasteiger partial charge in [-0.1, -0.05) is 30.3 Å². The number of hydrogen-bond acceptors (Lipinski definition) is 5. The number of hydrogen-bond donors (Lipinski definition) is 1. The predicted molar refractivity (Wildman–Crippen MR) is 112 cm³/mol. The van der Waals surface area contributed by atoms with E-state index in [4.69, 9.17) is 10.5 Å². The number of amides is 3. The van der Waals surface area contributed by atoms with E-state index < -0.39 is 5.91 Å². The molecule has 0 spiro atoms. The first-order valence-corrected chi connectivity index (χ1v) is 9.96. The van der Waals surface area contributed by atoms with Crippen LogP contribution in [0.15, 0.2) is 51.8 Å². The molecule has 0 bridgehead atoms. The monoisotopic (exact) mass is 460 g/mol. The highest BCUT2D eigenvalue weighted by Crippen LogP contribution is 2.35. The molecule has 1 heterocycles. The molecule has 0 radical (unpaired) electrons. The Morgan fingerprint density at radius 2 is 2.00 bits per heavy atom. The SMILES string of the molecule is Cc1ccccc1CN1C(=O)S/C(=C\c2ccc(OCC(N)=O)c(Br)c2)C1=O. The van der Waals surface area contributed by atoms with Gasteiger partial charge in [0.05, 0.1) is 15.9 Å². The highest BCUT2D eigenvalue weighted by molar-refractivity contribution is 9.10. The fourth-order valence-electron chi connectivity index (χ4n) is 2.62. The van der Waals surface area contributed by atoms with E-state index >= 15 is 0 Å². The maximum Gasteiger partial charge on any atom is 0.293 e. The number of nitrogens with two attached hydrogens (primary N) is 1. The number of benzene rings is 2. The summed E-state index contributed by atoms with van der Waals surface area (Å²) in [6.45, 7) is 1.97. The van der Waals surface area contributed by atoms with Crippen molar-refractivity contribution in [1.82, 2.24) is 4.90 Å². The minimum atomic E-state index is -0.571. The molecule has 0 saturated carbocycles. The molecule has 1 aliphatic heterocycles. The average molecular weight is 461 g/mol. The number of ether oxygens (including phenoxy) is 1. The van der Waals surface area contributed by atoms with Gasteiger partial charge in [0.25, 0.3) is 17.1 Å². The molecule has 1 aliphatic rings. The lowest BCUT2D eigenvalue weighted by Gasteiger charge is -2.14. The standard InChI is InChI=1S/C20H17BrN2O4S/c1-12-4-2-3-5-14(12)10-23-19(25)17(28-20(23)26)9-13-6-7-16(15(21)8-13)27-11-18(22)24/h2-9H,10-11H2,1H3,(H2,22,24)/b17-9-. The number of carbonyl (C=O) groups is 3. The highest BCUT2D eigenvalue weighted by Gasteiger charge is 2.35. The van der Waals surface area contributed by atoms with E-state index in [0.29, 0.717) is 15.1 Å². The van der Waals surface area contributed by atoms with Crippen molar-refractivity contribution in [3.63, 3.8) is 0 Å². The number of halogens is 1. The van der Waals surface area contributed by atoms with Gasteiger partial charge in [0.1, 0.15) is 5.75 Å². The number of aryl methyl sites for hydroxylation is 1. The smallest absolute Gasteiger partial charge is 0.293 e. The van der Waals surface area contributed by atoms with E-state index in [1.807, 2.05) is 31.2 Å². The molecule has 144 valence electrons. The molecule has 3 amide bonds. The number of nitrogens with zero attached hydrogens (tertiary/aromatic N) is 1. The van der Waals surface area contributed by atoms with Gasteiger partial charge in [0, 0.05) is 0 Å². The second kappa shape index (κ2) is 8.62. The van der Waals surface area contributed by atoms with Crippen LogP contribution in [0.2, 0.25) is 0 Å². The largest absolute Gasteiger partial charge is 0.483 e. The number of rotatable bonds is 6. The highest BCUT2D eigenvalue weighted by atomic mass is 79.9. The first-order valence-electron chi connectivity index (χ1n) is 8.35. The van der Waals surface area contributed by atoms with Crippen molar-refractivity contribution in [2.24, 2.45) is 5.73 Å². The molecule has 1 fully saturated rings. The van der Waals surface area contributed by atoms with Crippen molar-refractivity contribution < 1.29 is 19.1 Å². The second-order valence-electron chi connectivity index (χ2n) is 6.14. The zero-order valence-corrected chi connectivity index (χ0v) is 17.4. The summed E-state index contributed by atoms with van der Waals surface area (Å²) in [7, 11) is 0. The zero-order chi connectivity index (χ0) is 20.3. The van der Waals surface area contributed by atoms with Crippen LogP contribution in [0.5, 0.6) is 5.75 Å². The van der Waals surface area contributed by atoms with E-state index in [1.54, 1.807) is 24.3 Å². The van der Waals surface area contributed by atoms with Crippen LogP contribution < -0.4 is 10.5 Å². The topological polar surface area (TPSA) is 89.7 Å². The molecule has 0 aliphatic carbocycles.